The fourth-order valence-electron chi connectivity index (χ4n) is 2.95. The van der Waals surface area contributed by atoms with E-state index in [4.69, 9.17) is 32.5 Å². The zero-order chi connectivity index (χ0) is 23.1. The van der Waals surface area contributed by atoms with Gasteiger partial charge in [0.25, 0.3) is 0 Å². The maximum atomic E-state index is 11.4. The molecule has 1 atom stereocenters. The van der Waals surface area contributed by atoms with Crippen molar-refractivity contribution in [3.8, 4) is 0 Å². The maximum absolute atomic E-state index is 11.4. The molecule has 0 saturated carbocycles. The molecule has 31 heavy (non-hydrogen) atoms. The topological polar surface area (TPSA) is 141 Å². The molecule has 1 unspecified atom stereocenters. The first-order chi connectivity index (χ1) is 14.2. The summed E-state index contributed by atoms with van der Waals surface area (Å²) in [6, 6.07) is 0. The zero-order valence-corrected chi connectivity index (χ0v) is 22.5. The first-order valence-electron chi connectivity index (χ1n) is 11.3. The van der Waals surface area contributed by atoms with Crippen molar-refractivity contribution in [2.75, 3.05) is 13.2 Å². The van der Waals surface area contributed by atoms with Gasteiger partial charge in [-0.25, -0.2) is 0 Å². The van der Waals surface area contributed by atoms with Crippen molar-refractivity contribution in [2.24, 2.45) is 0 Å². The van der Waals surface area contributed by atoms with Crippen molar-refractivity contribution in [2.45, 2.75) is 116 Å². The van der Waals surface area contributed by atoms with Gasteiger partial charge in [0.05, 0.1) is 6.61 Å². The number of rotatable bonds is 19. The van der Waals surface area contributed by atoms with Crippen LogP contribution in [0.1, 0.15) is 111 Å². The second-order valence-corrected chi connectivity index (χ2v) is 8.56. The van der Waals surface area contributed by atoms with Gasteiger partial charge in [0.2, 0.25) is 0 Å². The first-order valence-corrected chi connectivity index (χ1v) is 12.7. The quantitative estimate of drug-likeness (QED) is 0.0945. The molecule has 0 saturated heterocycles. The summed E-state index contributed by atoms with van der Waals surface area (Å²) in [7, 11) is -4.67. The molecule has 0 heterocycles. The SMILES string of the molecule is CCCCCCCCCCCCCCCCCC(=O)OCC(O)CO.O=S(=O)(O)O.[H-].[Na+]. The molecule has 0 aliphatic rings. The van der Waals surface area contributed by atoms with E-state index in [1.807, 2.05) is 0 Å². The molecular weight excluding hydrogens is 435 g/mol. The standard InChI is InChI=1S/C21H42O4.Na.H2O4S.H/c1-2-3-4-5-6-7-8-9-10-11-12-13-14-15-16-17-21(24)25-19-20(23)18-22;;1-5(2,3)4;/h20,22-23H,2-19H2,1H3;;(H2,1,2,3,4);/q;+1;;-1. The molecule has 0 amide bonds. The van der Waals surface area contributed by atoms with Crippen LogP contribution in [0.25, 0.3) is 0 Å². The number of carbonyl (C=O) groups is 1. The Morgan fingerprint density at radius 2 is 1.13 bits per heavy atom. The van der Waals surface area contributed by atoms with E-state index in [1.165, 1.54) is 83.5 Å². The summed E-state index contributed by atoms with van der Waals surface area (Å²) in [6.45, 7) is 1.79. The first kappa shape index (κ1) is 35.8. The normalized spacial score (nSPS) is 11.8. The Balaban J connectivity index is -0.000000501. The average molecular weight is 481 g/mol. The van der Waals surface area contributed by atoms with Crippen LogP contribution >= 0.6 is 0 Å². The van der Waals surface area contributed by atoms with Crippen molar-refractivity contribution >= 4 is 16.4 Å². The minimum atomic E-state index is -4.67. The summed E-state index contributed by atoms with van der Waals surface area (Å²) < 4.78 is 36.4. The van der Waals surface area contributed by atoms with Crippen LogP contribution in [0.3, 0.4) is 0 Å². The number of unbranched alkanes of at least 4 members (excludes halogenated alkanes) is 14. The van der Waals surface area contributed by atoms with Crippen molar-refractivity contribution in [3.63, 3.8) is 0 Å². The number of carbonyl (C=O) groups excluding carboxylic acids is 1. The molecule has 0 rings (SSSR count). The largest absolute Gasteiger partial charge is 1.00 e. The molecule has 4 N–H and O–H groups in total. The molecule has 0 spiro atoms. The molecule has 0 bridgehead atoms. The summed E-state index contributed by atoms with van der Waals surface area (Å²) in [5.74, 6) is -0.276. The third-order valence-corrected chi connectivity index (χ3v) is 4.63. The molecular formula is C21H45NaO8S. The Morgan fingerprint density at radius 3 is 1.45 bits per heavy atom. The van der Waals surface area contributed by atoms with E-state index in [0.29, 0.717) is 6.42 Å². The van der Waals surface area contributed by atoms with Crippen LogP contribution in [0.2, 0.25) is 0 Å². The van der Waals surface area contributed by atoms with E-state index in [-0.39, 0.29) is 50.2 Å². The molecule has 8 nitrogen and oxygen atoms in total. The van der Waals surface area contributed by atoms with Crippen molar-refractivity contribution in [1.29, 1.82) is 0 Å². The molecule has 0 aromatic carbocycles. The third kappa shape index (κ3) is 41.1. The Labute approximate surface area is 212 Å². The fourth-order valence-corrected chi connectivity index (χ4v) is 2.95. The number of hydrogen-bond donors (Lipinski definition) is 4. The predicted molar refractivity (Wildman–Crippen MR) is 119 cm³/mol. The Kier molecular flexibility index (Phi) is 30.7. The molecule has 0 radical (unpaired) electrons. The van der Waals surface area contributed by atoms with Gasteiger partial charge in [-0.05, 0) is 6.42 Å². The summed E-state index contributed by atoms with van der Waals surface area (Å²) in [4.78, 5) is 11.4. The third-order valence-electron chi connectivity index (χ3n) is 4.63. The van der Waals surface area contributed by atoms with Gasteiger partial charge in [0, 0.05) is 6.42 Å². The van der Waals surface area contributed by atoms with Crippen molar-refractivity contribution < 1.29 is 68.3 Å². The summed E-state index contributed by atoms with van der Waals surface area (Å²) in [5, 5.41) is 17.7. The fraction of sp³-hybridized carbons (Fsp3) is 0.952. The van der Waals surface area contributed by atoms with Crippen LogP contribution in [0, 0.1) is 0 Å². The second kappa shape index (κ2) is 26.5. The Hall–Kier alpha value is 0.260. The van der Waals surface area contributed by atoms with Gasteiger partial charge in [-0.1, -0.05) is 96.8 Å². The Bertz CT molecular complexity index is 472. The van der Waals surface area contributed by atoms with E-state index >= 15 is 0 Å². The van der Waals surface area contributed by atoms with Gasteiger partial charge in [-0.2, -0.15) is 8.42 Å². The molecule has 0 aromatic heterocycles. The average Bonchev–Trinajstić information content (AvgIpc) is 2.67. The number of ether oxygens (including phenoxy) is 1. The smallest absolute Gasteiger partial charge is 1.00 e. The van der Waals surface area contributed by atoms with E-state index in [1.54, 1.807) is 0 Å². The number of aliphatic hydroxyl groups is 2. The number of hydrogen-bond acceptors (Lipinski definition) is 6. The van der Waals surface area contributed by atoms with Gasteiger partial charge in [-0.15, -0.1) is 0 Å². The van der Waals surface area contributed by atoms with Crippen LogP contribution in [0.4, 0.5) is 0 Å². The predicted octanol–water partition coefficient (Wildman–Crippen LogP) is 1.61. The Morgan fingerprint density at radius 1 is 0.806 bits per heavy atom. The van der Waals surface area contributed by atoms with Crippen LogP contribution < -0.4 is 29.6 Å². The molecule has 0 aliphatic carbocycles. The molecule has 10 heteroatoms. The van der Waals surface area contributed by atoms with Gasteiger partial charge < -0.3 is 16.4 Å². The van der Waals surface area contributed by atoms with Gasteiger partial charge in [-0.3, -0.25) is 13.9 Å². The molecule has 0 aromatic rings. The van der Waals surface area contributed by atoms with E-state index < -0.39 is 16.5 Å². The summed E-state index contributed by atoms with van der Waals surface area (Å²) in [5.41, 5.74) is 0. The maximum Gasteiger partial charge on any atom is 1.00 e. The van der Waals surface area contributed by atoms with Crippen LogP contribution in [0.5, 0.6) is 0 Å². The monoisotopic (exact) mass is 480 g/mol. The van der Waals surface area contributed by atoms with Gasteiger partial charge in [0.1, 0.15) is 12.7 Å². The van der Waals surface area contributed by atoms with Crippen LogP contribution in [-0.4, -0.2) is 53.0 Å². The minimum Gasteiger partial charge on any atom is -1.00 e. The number of esters is 1. The minimum absolute atomic E-state index is 0. The van der Waals surface area contributed by atoms with Crippen LogP contribution in [-0.2, 0) is 19.9 Å². The molecule has 184 valence electrons. The number of aliphatic hydroxyl groups excluding tert-OH is 2. The van der Waals surface area contributed by atoms with E-state index in [0.717, 1.165) is 12.8 Å². The molecule has 0 aliphatic heterocycles. The van der Waals surface area contributed by atoms with Crippen LogP contribution in [0.15, 0.2) is 0 Å². The van der Waals surface area contributed by atoms with Gasteiger partial charge in [0.15, 0.2) is 0 Å². The molecule has 0 fully saturated rings. The van der Waals surface area contributed by atoms with E-state index in [2.05, 4.69) is 6.92 Å². The van der Waals surface area contributed by atoms with Crippen molar-refractivity contribution in [3.05, 3.63) is 0 Å². The van der Waals surface area contributed by atoms with Crippen molar-refractivity contribution in [1.82, 2.24) is 0 Å². The zero-order valence-electron chi connectivity index (χ0n) is 20.6. The summed E-state index contributed by atoms with van der Waals surface area (Å²) >= 11 is 0. The second-order valence-electron chi connectivity index (χ2n) is 7.67. The summed E-state index contributed by atoms with van der Waals surface area (Å²) in [6.07, 6.45) is 19.0. The van der Waals surface area contributed by atoms with E-state index in [9.17, 15) is 4.79 Å². The van der Waals surface area contributed by atoms with Gasteiger partial charge >= 0.3 is 45.9 Å².